The summed E-state index contributed by atoms with van der Waals surface area (Å²) >= 11 is 5.86. The molecule has 1 amide bonds. The Labute approximate surface area is 139 Å². The number of anilines is 2. The molecule has 0 fully saturated rings. The Balaban J connectivity index is 1.56. The first kappa shape index (κ1) is 15.2. The van der Waals surface area contributed by atoms with Crippen LogP contribution in [0.1, 0.15) is 16.1 Å². The van der Waals surface area contributed by atoms with Gasteiger partial charge in [-0.05, 0) is 54.1 Å². The minimum atomic E-state index is -0.267. The highest BCUT2D eigenvalue weighted by Crippen LogP contribution is 2.16. The zero-order valence-corrected chi connectivity index (χ0v) is 13.0. The molecule has 2 N–H and O–H groups in total. The molecule has 5 heteroatoms. The predicted molar refractivity (Wildman–Crippen MR) is 91.9 cm³/mol. The van der Waals surface area contributed by atoms with Crippen LogP contribution in [0.2, 0.25) is 5.02 Å². The van der Waals surface area contributed by atoms with Crippen molar-refractivity contribution in [1.29, 1.82) is 0 Å². The van der Waals surface area contributed by atoms with Crippen LogP contribution in [0, 0.1) is 0 Å². The van der Waals surface area contributed by atoms with E-state index < -0.39 is 0 Å². The molecule has 0 atom stereocenters. The van der Waals surface area contributed by atoms with Crippen LogP contribution >= 0.6 is 11.6 Å². The van der Waals surface area contributed by atoms with E-state index in [2.05, 4.69) is 10.6 Å². The zero-order valence-electron chi connectivity index (χ0n) is 12.3. The molecular weight excluding hydrogens is 312 g/mol. The molecule has 0 aliphatic carbocycles. The summed E-state index contributed by atoms with van der Waals surface area (Å²) in [7, 11) is 0. The van der Waals surface area contributed by atoms with Crippen molar-refractivity contribution in [2.24, 2.45) is 0 Å². The second-order valence-electron chi connectivity index (χ2n) is 4.99. The van der Waals surface area contributed by atoms with Gasteiger partial charge in [-0.2, -0.15) is 0 Å². The molecule has 0 aliphatic heterocycles. The van der Waals surface area contributed by atoms with Gasteiger partial charge in [0, 0.05) is 22.9 Å². The Bertz CT molecular complexity index is 766. The Morgan fingerprint density at radius 3 is 2.30 bits per heavy atom. The van der Waals surface area contributed by atoms with Crippen LogP contribution in [0.5, 0.6) is 0 Å². The third-order valence-electron chi connectivity index (χ3n) is 3.30. The third kappa shape index (κ3) is 4.14. The van der Waals surface area contributed by atoms with E-state index in [0.717, 1.165) is 16.3 Å². The number of furan rings is 1. The smallest absolute Gasteiger partial charge is 0.291 e. The fraction of sp³-hybridized carbons (Fsp3) is 0.0556. The summed E-state index contributed by atoms with van der Waals surface area (Å²) in [6.07, 6.45) is 1.47. The van der Waals surface area contributed by atoms with Crippen molar-refractivity contribution in [3.05, 3.63) is 83.3 Å². The van der Waals surface area contributed by atoms with Crippen LogP contribution in [-0.2, 0) is 6.54 Å². The molecule has 1 aromatic heterocycles. The molecule has 0 aliphatic rings. The van der Waals surface area contributed by atoms with Crippen molar-refractivity contribution in [2.45, 2.75) is 6.54 Å². The minimum absolute atomic E-state index is 0.267. The average molecular weight is 327 g/mol. The van der Waals surface area contributed by atoms with E-state index in [-0.39, 0.29) is 11.7 Å². The van der Waals surface area contributed by atoms with Crippen molar-refractivity contribution in [1.82, 2.24) is 0 Å². The fourth-order valence-corrected chi connectivity index (χ4v) is 2.20. The van der Waals surface area contributed by atoms with Gasteiger partial charge in [0.1, 0.15) is 0 Å². The first-order chi connectivity index (χ1) is 11.2. The van der Waals surface area contributed by atoms with E-state index in [9.17, 15) is 4.79 Å². The van der Waals surface area contributed by atoms with Gasteiger partial charge in [0.25, 0.3) is 5.91 Å². The van der Waals surface area contributed by atoms with E-state index in [1.54, 1.807) is 12.1 Å². The lowest BCUT2D eigenvalue weighted by atomic mass is 10.2. The van der Waals surface area contributed by atoms with Crippen molar-refractivity contribution in [2.75, 3.05) is 10.6 Å². The maximum atomic E-state index is 11.9. The fourth-order valence-electron chi connectivity index (χ4n) is 2.08. The van der Waals surface area contributed by atoms with Gasteiger partial charge < -0.3 is 15.1 Å². The highest BCUT2D eigenvalue weighted by atomic mass is 35.5. The maximum Gasteiger partial charge on any atom is 0.291 e. The van der Waals surface area contributed by atoms with Crippen molar-refractivity contribution < 1.29 is 9.21 Å². The number of hydrogen-bond acceptors (Lipinski definition) is 3. The monoisotopic (exact) mass is 326 g/mol. The molecule has 0 radical (unpaired) electrons. The number of hydrogen-bond donors (Lipinski definition) is 2. The number of benzene rings is 2. The Hall–Kier alpha value is -2.72. The summed E-state index contributed by atoms with van der Waals surface area (Å²) in [4.78, 5) is 11.9. The molecule has 2 aromatic carbocycles. The summed E-state index contributed by atoms with van der Waals surface area (Å²) in [5.41, 5.74) is 2.82. The minimum Gasteiger partial charge on any atom is -0.459 e. The number of carbonyl (C=O) groups excluding carboxylic acids is 1. The molecule has 1 heterocycles. The first-order valence-electron chi connectivity index (χ1n) is 7.14. The third-order valence-corrected chi connectivity index (χ3v) is 3.55. The largest absolute Gasteiger partial charge is 0.459 e. The molecule has 0 unspecified atom stereocenters. The zero-order chi connectivity index (χ0) is 16.1. The normalized spacial score (nSPS) is 10.3. The van der Waals surface area contributed by atoms with E-state index in [1.807, 2.05) is 48.5 Å². The van der Waals surface area contributed by atoms with E-state index in [4.69, 9.17) is 16.0 Å². The van der Waals surface area contributed by atoms with Crippen LogP contribution in [0.15, 0.2) is 71.3 Å². The second kappa shape index (κ2) is 7.03. The van der Waals surface area contributed by atoms with Gasteiger partial charge in [-0.3, -0.25) is 4.79 Å². The van der Waals surface area contributed by atoms with Gasteiger partial charge in [0.15, 0.2) is 5.76 Å². The number of nitrogens with one attached hydrogen (secondary N) is 2. The predicted octanol–water partition coefficient (Wildman–Crippen LogP) is 4.80. The Morgan fingerprint density at radius 1 is 0.957 bits per heavy atom. The molecule has 116 valence electrons. The van der Waals surface area contributed by atoms with Crippen molar-refractivity contribution in [3.8, 4) is 0 Å². The summed E-state index contributed by atoms with van der Waals surface area (Å²) in [6.45, 7) is 0.704. The molecule has 4 nitrogen and oxygen atoms in total. The molecule has 23 heavy (non-hydrogen) atoms. The molecule has 0 spiro atoms. The Morgan fingerprint density at radius 2 is 1.65 bits per heavy atom. The quantitative estimate of drug-likeness (QED) is 0.708. The van der Waals surface area contributed by atoms with Crippen molar-refractivity contribution in [3.63, 3.8) is 0 Å². The van der Waals surface area contributed by atoms with Gasteiger partial charge >= 0.3 is 0 Å². The standard InChI is InChI=1S/C18H15ClN2O2/c19-14-5-3-13(4-6-14)12-20-15-7-9-16(10-8-15)21-18(22)17-2-1-11-23-17/h1-11,20H,12H2,(H,21,22). The van der Waals surface area contributed by atoms with Gasteiger partial charge in [-0.15, -0.1) is 0 Å². The number of carbonyl (C=O) groups is 1. The maximum absolute atomic E-state index is 11.9. The summed E-state index contributed by atoms with van der Waals surface area (Å²) in [5.74, 6) is 0.0202. The Kier molecular flexibility index (Phi) is 4.64. The lowest BCUT2D eigenvalue weighted by molar-refractivity contribution is 0.0996. The van der Waals surface area contributed by atoms with Crippen molar-refractivity contribution >= 4 is 28.9 Å². The summed E-state index contributed by atoms with van der Waals surface area (Å²) in [5, 5.41) is 6.82. The molecule has 0 saturated heterocycles. The average Bonchev–Trinajstić information content (AvgIpc) is 3.10. The highest BCUT2D eigenvalue weighted by Gasteiger charge is 2.08. The molecular formula is C18H15ClN2O2. The summed E-state index contributed by atoms with van der Waals surface area (Å²) < 4.78 is 5.05. The molecule has 3 aromatic rings. The first-order valence-corrected chi connectivity index (χ1v) is 7.52. The van der Waals surface area contributed by atoms with E-state index in [0.29, 0.717) is 12.2 Å². The molecule has 0 saturated carbocycles. The topological polar surface area (TPSA) is 54.3 Å². The van der Waals surface area contributed by atoms with Crippen LogP contribution in [0.4, 0.5) is 11.4 Å². The van der Waals surface area contributed by atoms with Crippen LogP contribution in [-0.4, -0.2) is 5.91 Å². The van der Waals surface area contributed by atoms with Gasteiger partial charge in [0.05, 0.1) is 6.26 Å². The lowest BCUT2D eigenvalue weighted by Crippen LogP contribution is -2.10. The van der Waals surface area contributed by atoms with E-state index in [1.165, 1.54) is 6.26 Å². The lowest BCUT2D eigenvalue weighted by Gasteiger charge is -2.08. The van der Waals surface area contributed by atoms with Gasteiger partial charge in [-0.25, -0.2) is 0 Å². The number of rotatable bonds is 5. The van der Waals surface area contributed by atoms with Gasteiger partial charge in [-0.1, -0.05) is 23.7 Å². The molecule has 0 bridgehead atoms. The summed E-state index contributed by atoms with van der Waals surface area (Å²) in [6, 6.07) is 18.5. The molecule has 3 rings (SSSR count). The number of halogens is 1. The second-order valence-corrected chi connectivity index (χ2v) is 5.43. The SMILES string of the molecule is O=C(Nc1ccc(NCc2ccc(Cl)cc2)cc1)c1ccco1. The van der Waals surface area contributed by atoms with Crippen LogP contribution in [0.25, 0.3) is 0 Å². The number of amides is 1. The van der Waals surface area contributed by atoms with Gasteiger partial charge in [0.2, 0.25) is 0 Å². The van der Waals surface area contributed by atoms with E-state index >= 15 is 0 Å². The van der Waals surface area contributed by atoms with Crippen LogP contribution in [0.3, 0.4) is 0 Å². The van der Waals surface area contributed by atoms with Crippen LogP contribution < -0.4 is 10.6 Å². The highest BCUT2D eigenvalue weighted by molar-refractivity contribution is 6.30.